The van der Waals surface area contributed by atoms with Crippen molar-refractivity contribution in [2.75, 3.05) is 34.3 Å². The van der Waals surface area contributed by atoms with E-state index in [4.69, 9.17) is 0 Å². The molecule has 0 N–H and O–H groups in total. The van der Waals surface area contributed by atoms with Crippen LogP contribution in [0.2, 0.25) is 0 Å². The van der Waals surface area contributed by atoms with E-state index < -0.39 is 5.97 Å². The Morgan fingerprint density at radius 3 is 1.62 bits per heavy atom. The van der Waals surface area contributed by atoms with Crippen molar-refractivity contribution in [2.45, 2.75) is 78.1 Å². The van der Waals surface area contributed by atoms with Gasteiger partial charge < -0.3 is 21.6 Å². The second kappa shape index (κ2) is 20.5. The average Bonchev–Trinajstić information content (AvgIpc) is 2.56. The van der Waals surface area contributed by atoms with Crippen molar-refractivity contribution in [3.05, 3.63) is 12.7 Å². The lowest BCUT2D eigenvalue weighted by molar-refractivity contribution is -0.888. The Hall–Kier alpha value is -0.540. The number of carbonyl (C=O) groups is 1. The van der Waals surface area contributed by atoms with E-state index in [1.807, 2.05) is 0 Å². The Labute approximate surface area is 157 Å². The summed E-state index contributed by atoms with van der Waals surface area (Å²) in [5.74, 6) is -0.394. The molecule has 0 saturated heterocycles. The maximum Gasteiger partial charge on any atom is 0.329 e. The quantitative estimate of drug-likeness (QED) is 0.217. The molecular formula is C20H42ClNO2. The van der Waals surface area contributed by atoms with Crippen molar-refractivity contribution in [3.63, 3.8) is 0 Å². The molecule has 0 spiro atoms. The van der Waals surface area contributed by atoms with Gasteiger partial charge in [0, 0.05) is 6.08 Å². The molecule has 0 unspecified atom stereocenters. The molecule has 0 aliphatic carbocycles. The van der Waals surface area contributed by atoms with Crippen LogP contribution in [0, 0.1) is 0 Å². The average molecular weight is 364 g/mol. The zero-order valence-electron chi connectivity index (χ0n) is 16.9. The van der Waals surface area contributed by atoms with Gasteiger partial charge >= 0.3 is 5.97 Å². The second-order valence-corrected chi connectivity index (χ2v) is 6.88. The molecule has 0 aromatic carbocycles. The number of unbranched alkanes of at least 4 members (excludes halogenated alkanes) is 9. The van der Waals surface area contributed by atoms with Crippen molar-refractivity contribution in [2.24, 2.45) is 0 Å². The summed E-state index contributed by atoms with van der Waals surface area (Å²) in [6, 6.07) is 0. The minimum Gasteiger partial charge on any atom is -1.00 e. The molecule has 0 aromatic rings. The van der Waals surface area contributed by atoms with Gasteiger partial charge in [-0.2, -0.15) is 0 Å². The van der Waals surface area contributed by atoms with Gasteiger partial charge in [0.1, 0.15) is 0 Å². The number of nitrogens with zero attached hydrogens (tertiary/aromatic N) is 1. The first-order valence-corrected chi connectivity index (χ1v) is 9.45. The molecule has 0 heterocycles. The van der Waals surface area contributed by atoms with Crippen molar-refractivity contribution >= 4 is 5.97 Å². The normalized spacial score (nSPS) is 10.2. The van der Waals surface area contributed by atoms with Gasteiger partial charge in [-0.3, -0.25) is 0 Å². The van der Waals surface area contributed by atoms with Gasteiger partial charge in [0.25, 0.3) is 0 Å². The molecule has 3 nitrogen and oxygen atoms in total. The Kier molecular flexibility index (Phi) is 24.2. The summed E-state index contributed by atoms with van der Waals surface area (Å²) in [7, 11) is 5.99. The van der Waals surface area contributed by atoms with E-state index in [1.165, 1.54) is 88.9 Å². The van der Waals surface area contributed by atoms with E-state index in [0.717, 1.165) is 6.08 Å². The number of halogens is 1. The summed E-state index contributed by atoms with van der Waals surface area (Å²) in [6.45, 7) is 10.3. The Bertz CT molecular complexity index is 281. The number of quaternary nitrogens is 1. The molecule has 0 atom stereocenters. The zero-order chi connectivity index (χ0) is 18.0. The van der Waals surface area contributed by atoms with Gasteiger partial charge in [-0.05, 0) is 19.8 Å². The monoisotopic (exact) mass is 363 g/mol. The van der Waals surface area contributed by atoms with E-state index in [-0.39, 0.29) is 12.4 Å². The molecule has 146 valence electrons. The van der Waals surface area contributed by atoms with Crippen molar-refractivity contribution in [1.29, 1.82) is 0 Å². The molecule has 0 bridgehead atoms. The number of carbonyl (C=O) groups excluding carboxylic acids is 1. The first-order chi connectivity index (χ1) is 10.9. The third-order valence-corrected chi connectivity index (χ3v) is 4.34. The van der Waals surface area contributed by atoms with E-state index in [0.29, 0.717) is 0 Å². The minimum atomic E-state index is -0.394. The molecule has 0 saturated carbocycles. The van der Waals surface area contributed by atoms with E-state index in [9.17, 15) is 4.79 Å². The fourth-order valence-corrected chi connectivity index (χ4v) is 2.27. The molecule has 4 heteroatoms. The highest BCUT2D eigenvalue weighted by Crippen LogP contribution is 2.11. The Balaban J connectivity index is -0.000000538. The number of hydrogen-bond acceptors (Lipinski definition) is 2. The van der Waals surface area contributed by atoms with Crippen molar-refractivity contribution < 1.29 is 26.4 Å². The maximum absolute atomic E-state index is 9.84. The van der Waals surface area contributed by atoms with Crippen molar-refractivity contribution in [3.8, 4) is 0 Å². The van der Waals surface area contributed by atoms with Crippen LogP contribution in [0.5, 0.6) is 0 Å². The lowest BCUT2D eigenvalue weighted by Crippen LogP contribution is -3.00. The summed E-state index contributed by atoms with van der Waals surface area (Å²) < 4.78 is 5.33. The lowest BCUT2D eigenvalue weighted by Gasteiger charge is -2.28. The molecule has 0 aromatic heterocycles. The third-order valence-electron chi connectivity index (χ3n) is 4.34. The summed E-state index contributed by atoms with van der Waals surface area (Å²) >= 11 is 0. The highest BCUT2D eigenvalue weighted by atomic mass is 35.5. The summed E-state index contributed by atoms with van der Waals surface area (Å²) in [4.78, 5) is 9.84. The highest BCUT2D eigenvalue weighted by Gasteiger charge is 2.09. The van der Waals surface area contributed by atoms with E-state index >= 15 is 0 Å². The van der Waals surface area contributed by atoms with Gasteiger partial charge in [-0.15, -0.1) is 0 Å². The van der Waals surface area contributed by atoms with Gasteiger partial charge in [-0.1, -0.05) is 64.9 Å². The number of hydrogen-bond donors (Lipinski definition) is 0. The highest BCUT2D eigenvalue weighted by molar-refractivity contribution is 5.80. The Morgan fingerprint density at radius 2 is 1.33 bits per heavy atom. The van der Waals surface area contributed by atoms with Gasteiger partial charge in [0.05, 0.1) is 34.3 Å². The SMILES string of the molecule is C=CC(=O)OC.CCCCCCCCCCCC[N+](C)(C)CC.[Cl-]. The third kappa shape index (κ3) is 23.7. The largest absolute Gasteiger partial charge is 1.00 e. The zero-order valence-corrected chi connectivity index (χ0v) is 17.7. The second-order valence-electron chi connectivity index (χ2n) is 6.88. The molecule has 0 aliphatic heterocycles. The lowest BCUT2D eigenvalue weighted by atomic mass is 10.1. The smallest absolute Gasteiger partial charge is 0.329 e. The molecular weight excluding hydrogens is 322 g/mol. The topological polar surface area (TPSA) is 26.3 Å². The molecule has 24 heavy (non-hydrogen) atoms. The Morgan fingerprint density at radius 1 is 0.917 bits per heavy atom. The summed E-state index contributed by atoms with van der Waals surface area (Å²) in [6.07, 6.45) is 15.5. The van der Waals surface area contributed by atoms with Crippen LogP contribution in [0.15, 0.2) is 12.7 Å². The first kappa shape index (κ1) is 28.3. The van der Waals surface area contributed by atoms with Crippen LogP contribution in [0.25, 0.3) is 0 Å². The van der Waals surface area contributed by atoms with Gasteiger partial charge in [0.2, 0.25) is 0 Å². The minimum absolute atomic E-state index is 0. The summed E-state index contributed by atoms with van der Waals surface area (Å²) in [5, 5.41) is 0. The molecule has 0 rings (SSSR count). The predicted molar refractivity (Wildman–Crippen MR) is 102 cm³/mol. The van der Waals surface area contributed by atoms with Gasteiger partial charge in [-0.25, -0.2) is 4.79 Å². The van der Waals surface area contributed by atoms with Crippen LogP contribution in [0.3, 0.4) is 0 Å². The molecule has 0 aliphatic rings. The number of ether oxygens (including phenoxy) is 1. The van der Waals surface area contributed by atoms with Crippen LogP contribution < -0.4 is 12.4 Å². The van der Waals surface area contributed by atoms with Crippen LogP contribution in [0.4, 0.5) is 0 Å². The van der Waals surface area contributed by atoms with Crippen LogP contribution in [0.1, 0.15) is 78.1 Å². The van der Waals surface area contributed by atoms with E-state index in [1.54, 1.807) is 0 Å². The number of rotatable bonds is 13. The number of methoxy groups -OCH3 is 1. The standard InChI is InChI=1S/C16H36N.C4H6O2.ClH/c1-5-7-8-9-10-11-12-13-14-15-16-17(3,4)6-2;1-3-4(5)6-2;/h5-16H2,1-4H3;3H,1H2,2H3;1H/q+1;;/p-1. The van der Waals surface area contributed by atoms with Gasteiger partial charge in [0.15, 0.2) is 0 Å². The van der Waals surface area contributed by atoms with E-state index in [2.05, 4.69) is 39.3 Å². The van der Waals surface area contributed by atoms with Crippen LogP contribution in [-0.4, -0.2) is 44.7 Å². The first-order valence-electron chi connectivity index (χ1n) is 9.45. The predicted octanol–water partition coefficient (Wildman–Crippen LogP) is 2.35. The fourth-order valence-electron chi connectivity index (χ4n) is 2.27. The fraction of sp³-hybridized carbons (Fsp3) is 0.850. The molecule has 0 radical (unpaired) electrons. The van der Waals surface area contributed by atoms with Crippen LogP contribution in [-0.2, 0) is 9.53 Å². The molecule has 0 amide bonds. The number of esters is 1. The maximum atomic E-state index is 9.84. The summed E-state index contributed by atoms with van der Waals surface area (Å²) in [5.41, 5.74) is 0. The van der Waals surface area contributed by atoms with Crippen molar-refractivity contribution in [1.82, 2.24) is 0 Å². The molecule has 0 fully saturated rings. The van der Waals surface area contributed by atoms with Crippen LogP contribution >= 0.6 is 0 Å².